The van der Waals surface area contributed by atoms with Crippen LogP contribution in [0.2, 0.25) is 0 Å². The molecule has 1 heterocycles. The maximum absolute atomic E-state index is 11.1. The van der Waals surface area contributed by atoms with Crippen molar-refractivity contribution in [3.05, 3.63) is 29.3 Å². The Bertz CT molecular complexity index is 557. The van der Waals surface area contributed by atoms with E-state index in [1.54, 1.807) is 6.07 Å². The number of carbonyl (C=O) groups is 1. The fourth-order valence-corrected chi connectivity index (χ4v) is 3.89. The summed E-state index contributed by atoms with van der Waals surface area (Å²) in [6.07, 6.45) is 5.19. The highest BCUT2D eigenvalue weighted by Crippen LogP contribution is 2.41. The van der Waals surface area contributed by atoms with Gasteiger partial charge in [0.1, 0.15) is 0 Å². The van der Waals surface area contributed by atoms with Crippen molar-refractivity contribution in [1.29, 1.82) is 0 Å². The van der Waals surface area contributed by atoms with Gasteiger partial charge in [-0.3, -0.25) is 0 Å². The van der Waals surface area contributed by atoms with E-state index in [1.807, 2.05) is 19.1 Å². The normalized spacial score (nSPS) is 29.0. The summed E-state index contributed by atoms with van der Waals surface area (Å²) in [5, 5.41) is 19.8. The molecule has 2 aliphatic rings. The van der Waals surface area contributed by atoms with Gasteiger partial charge in [0, 0.05) is 24.7 Å². The van der Waals surface area contributed by atoms with E-state index in [2.05, 4.69) is 4.90 Å². The molecule has 2 N–H and O–H groups in total. The van der Waals surface area contributed by atoms with Crippen LogP contribution >= 0.6 is 0 Å². The molecule has 0 spiro atoms. The molecular weight excluding hydrogens is 266 g/mol. The summed E-state index contributed by atoms with van der Waals surface area (Å²) in [6.45, 7) is 3.56. The average molecular weight is 289 g/mol. The number of aliphatic hydroxyl groups is 1. The van der Waals surface area contributed by atoms with Crippen molar-refractivity contribution < 1.29 is 15.0 Å². The molecule has 1 aromatic carbocycles. The largest absolute Gasteiger partial charge is 0.478 e. The number of piperidine rings is 1. The Balaban J connectivity index is 1.79. The van der Waals surface area contributed by atoms with Gasteiger partial charge in [0.2, 0.25) is 0 Å². The first-order valence-electron chi connectivity index (χ1n) is 7.81. The number of aryl methyl sites for hydroxylation is 1. The maximum atomic E-state index is 11.1. The topological polar surface area (TPSA) is 60.8 Å². The molecule has 2 fully saturated rings. The second kappa shape index (κ2) is 5.34. The van der Waals surface area contributed by atoms with Crippen LogP contribution in [0.25, 0.3) is 0 Å². The van der Waals surface area contributed by atoms with E-state index in [0.29, 0.717) is 11.5 Å². The Kier molecular flexibility index (Phi) is 3.66. The van der Waals surface area contributed by atoms with Gasteiger partial charge in [-0.25, -0.2) is 4.79 Å². The summed E-state index contributed by atoms with van der Waals surface area (Å²) in [5.74, 6) is -0.529. The fraction of sp³-hybridized carbons (Fsp3) is 0.588. The number of aromatic carboxylic acids is 1. The third kappa shape index (κ3) is 2.64. The Morgan fingerprint density at radius 1 is 1.33 bits per heavy atom. The Hall–Kier alpha value is -1.55. The van der Waals surface area contributed by atoms with Crippen LogP contribution in [-0.2, 0) is 0 Å². The van der Waals surface area contributed by atoms with Gasteiger partial charge >= 0.3 is 5.97 Å². The minimum atomic E-state index is -0.876. The standard InChI is InChI=1S/C17H23NO3/c1-12-10-14(5-6-15(12)16(19)20)18-9-8-17(21)7-3-2-4-13(17)11-18/h5-6,10,13,21H,2-4,7-9,11H2,1H3,(H,19,20). The molecule has 3 rings (SSSR count). The molecule has 1 aliphatic carbocycles. The fourth-order valence-electron chi connectivity index (χ4n) is 3.89. The van der Waals surface area contributed by atoms with E-state index in [0.717, 1.165) is 50.0 Å². The number of benzene rings is 1. The Morgan fingerprint density at radius 3 is 2.86 bits per heavy atom. The first kappa shape index (κ1) is 14.4. The van der Waals surface area contributed by atoms with Crippen molar-refractivity contribution in [3.63, 3.8) is 0 Å². The van der Waals surface area contributed by atoms with E-state index >= 15 is 0 Å². The highest BCUT2D eigenvalue weighted by molar-refractivity contribution is 5.89. The zero-order valence-corrected chi connectivity index (χ0v) is 12.5. The highest BCUT2D eigenvalue weighted by atomic mass is 16.4. The Labute approximate surface area is 125 Å². The molecule has 0 amide bonds. The Morgan fingerprint density at radius 2 is 2.14 bits per heavy atom. The number of rotatable bonds is 2. The summed E-state index contributed by atoms with van der Waals surface area (Å²) in [6, 6.07) is 5.54. The zero-order valence-electron chi connectivity index (χ0n) is 12.5. The highest BCUT2D eigenvalue weighted by Gasteiger charge is 2.42. The summed E-state index contributed by atoms with van der Waals surface area (Å²) < 4.78 is 0. The summed E-state index contributed by atoms with van der Waals surface area (Å²) in [5.41, 5.74) is 1.77. The number of hydrogen-bond donors (Lipinski definition) is 2. The molecule has 1 saturated carbocycles. The molecule has 1 aromatic rings. The molecule has 0 aromatic heterocycles. The smallest absolute Gasteiger partial charge is 0.335 e. The van der Waals surface area contributed by atoms with Crippen LogP contribution in [0.3, 0.4) is 0 Å². The minimum absolute atomic E-state index is 0.347. The van der Waals surface area contributed by atoms with Gasteiger partial charge < -0.3 is 15.1 Å². The summed E-state index contributed by atoms with van der Waals surface area (Å²) in [4.78, 5) is 13.4. The monoisotopic (exact) mass is 289 g/mol. The van der Waals surface area contributed by atoms with E-state index in [-0.39, 0.29) is 0 Å². The van der Waals surface area contributed by atoms with Crippen LogP contribution < -0.4 is 4.90 Å². The number of anilines is 1. The molecular formula is C17H23NO3. The van der Waals surface area contributed by atoms with Crippen LogP contribution in [0, 0.1) is 12.8 Å². The first-order chi connectivity index (χ1) is 9.99. The molecule has 0 bridgehead atoms. The van der Waals surface area contributed by atoms with E-state index in [9.17, 15) is 9.90 Å². The van der Waals surface area contributed by atoms with Crippen LogP contribution in [0.15, 0.2) is 18.2 Å². The van der Waals surface area contributed by atoms with Crippen LogP contribution in [0.4, 0.5) is 5.69 Å². The van der Waals surface area contributed by atoms with Gasteiger partial charge in [0.05, 0.1) is 11.2 Å². The quantitative estimate of drug-likeness (QED) is 0.879. The van der Waals surface area contributed by atoms with Gasteiger partial charge in [-0.05, 0) is 49.9 Å². The summed E-state index contributed by atoms with van der Waals surface area (Å²) >= 11 is 0. The predicted octanol–water partition coefficient (Wildman–Crippen LogP) is 2.82. The van der Waals surface area contributed by atoms with Crippen molar-refractivity contribution in [2.45, 2.75) is 44.6 Å². The minimum Gasteiger partial charge on any atom is -0.478 e. The van der Waals surface area contributed by atoms with Crippen molar-refractivity contribution >= 4 is 11.7 Å². The SMILES string of the molecule is Cc1cc(N2CCC3(O)CCCCC3C2)ccc1C(=O)O. The molecule has 2 atom stereocenters. The third-order valence-electron chi connectivity index (χ3n) is 5.23. The van der Waals surface area contributed by atoms with Crippen LogP contribution in [0.1, 0.15) is 48.0 Å². The van der Waals surface area contributed by atoms with Crippen LogP contribution in [-0.4, -0.2) is 34.9 Å². The molecule has 1 saturated heterocycles. The molecule has 4 heteroatoms. The lowest BCUT2D eigenvalue weighted by atomic mass is 9.71. The second-order valence-electron chi connectivity index (χ2n) is 6.55. The average Bonchev–Trinajstić information content (AvgIpc) is 2.45. The lowest BCUT2D eigenvalue weighted by molar-refractivity contribution is -0.0612. The van der Waals surface area contributed by atoms with Crippen molar-refractivity contribution in [3.8, 4) is 0 Å². The van der Waals surface area contributed by atoms with Crippen molar-refractivity contribution in [2.75, 3.05) is 18.0 Å². The molecule has 21 heavy (non-hydrogen) atoms. The lowest BCUT2D eigenvalue weighted by Crippen LogP contribution is -2.53. The van der Waals surface area contributed by atoms with Crippen molar-refractivity contribution in [2.24, 2.45) is 5.92 Å². The summed E-state index contributed by atoms with van der Waals surface area (Å²) in [7, 11) is 0. The van der Waals surface area contributed by atoms with Crippen LogP contribution in [0.5, 0.6) is 0 Å². The molecule has 4 nitrogen and oxygen atoms in total. The number of hydrogen-bond acceptors (Lipinski definition) is 3. The van der Waals surface area contributed by atoms with Gasteiger partial charge in [-0.15, -0.1) is 0 Å². The van der Waals surface area contributed by atoms with Crippen molar-refractivity contribution in [1.82, 2.24) is 0 Å². The second-order valence-corrected chi connectivity index (χ2v) is 6.55. The molecule has 0 radical (unpaired) electrons. The number of nitrogens with zero attached hydrogens (tertiary/aromatic N) is 1. The molecule has 114 valence electrons. The number of carboxylic acid groups (broad SMARTS) is 1. The zero-order chi connectivity index (χ0) is 15.0. The molecule has 1 aliphatic heterocycles. The number of carboxylic acids is 1. The van der Waals surface area contributed by atoms with E-state index in [4.69, 9.17) is 5.11 Å². The van der Waals surface area contributed by atoms with Gasteiger partial charge in [0.15, 0.2) is 0 Å². The van der Waals surface area contributed by atoms with E-state index in [1.165, 1.54) is 6.42 Å². The first-order valence-corrected chi connectivity index (χ1v) is 7.81. The van der Waals surface area contributed by atoms with Gasteiger partial charge in [-0.2, -0.15) is 0 Å². The van der Waals surface area contributed by atoms with E-state index < -0.39 is 11.6 Å². The molecule has 2 unspecified atom stereocenters. The van der Waals surface area contributed by atoms with Gasteiger partial charge in [0.25, 0.3) is 0 Å². The lowest BCUT2D eigenvalue weighted by Gasteiger charge is -2.48. The van der Waals surface area contributed by atoms with Gasteiger partial charge in [-0.1, -0.05) is 12.8 Å². The maximum Gasteiger partial charge on any atom is 0.335 e. The third-order valence-corrected chi connectivity index (χ3v) is 5.23. The predicted molar refractivity (Wildman–Crippen MR) is 81.9 cm³/mol. The number of fused-ring (bicyclic) bond motifs is 1.